The fraction of sp³-hybridized carbons (Fsp3) is 0.389. The number of hydrogen-bond acceptors (Lipinski definition) is 4. The molecule has 1 aromatic carbocycles. The number of nitrogens with zero attached hydrogens (tertiary/aromatic N) is 3. The van der Waals surface area contributed by atoms with E-state index >= 15 is 0 Å². The van der Waals surface area contributed by atoms with Gasteiger partial charge in [0.25, 0.3) is 5.91 Å². The van der Waals surface area contributed by atoms with Crippen molar-refractivity contribution in [3.63, 3.8) is 0 Å². The number of piperidine rings is 1. The summed E-state index contributed by atoms with van der Waals surface area (Å²) >= 11 is 0. The van der Waals surface area contributed by atoms with Gasteiger partial charge in [-0.05, 0) is 38.1 Å². The Morgan fingerprint density at radius 2 is 1.73 bits per heavy atom. The third-order valence-electron chi connectivity index (χ3n) is 4.85. The summed E-state index contributed by atoms with van der Waals surface area (Å²) in [6.45, 7) is 3.79. The third kappa shape index (κ3) is 3.08. The molecular weight excluding hydrogens is 341 g/mol. The summed E-state index contributed by atoms with van der Waals surface area (Å²) in [7, 11) is 0. The van der Waals surface area contributed by atoms with Crippen LogP contribution in [0.4, 0.5) is 4.39 Å². The van der Waals surface area contributed by atoms with Gasteiger partial charge in [-0.3, -0.25) is 4.79 Å². The molecule has 1 fully saturated rings. The van der Waals surface area contributed by atoms with Crippen molar-refractivity contribution in [3.8, 4) is 5.69 Å². The smallest absolute Gasteiger partial charge is 0.335 e. The van der Waals surface area contributed by atoms with Gasteiger partial charge >= 0.3 is 5.97 Å². The van der Waals surface area contributed by atoms with E-state index in [4.69, 9.17) is 5.11 Å². The number of rotatable bonds is 3. The number of aliphatic carboxylic acids is 1. The molecule has 2 heterocycles. The molecule has 0 bridgehead atoms. The van der Waals surface area contributed by atoms with E-state index in [2.05, 4.69) is 5.10 Å². The van der Waals surface area contributed by atoms with E-state index in [1.807, 2.05) is 0 Å². The van der Waals surface area contributed by atoms with Crippen LogP contribution in [0.3, 0.4) is 0 Å². The maximum atomic E-state index is 13.1. The zero-order valence-corrected chi connectivity index (χ0v) is 14.6. The Morgan fingerprint density at radius 1 is 1.15 bits per heavy atom. The lowest BCUT2D eigenvalue weighted by atomic mass is 9.91. The highest BCUT2D eigenvalue weighted by molar-refractivity contribution is 5.96. The highest BCUT2D eigenvalue weighted by Gasteiger charge is 2.41. The molecule has 0 spiro atoms. The molecule has 0 aliphatic carbocycles. The first-order valence-corrected chi connectivity index (χ1v) is 8.30. The molecule has 0 atom stereocenters. The van der Waals surface area contributed by atoms with Gasteiger partial charge in [0, 0.05) is 25.9 Å². The van der Waals surface area contributed by atoms with Gasteiger partial charge in [-0.2, -0.15) is 5.10 Å². The van der Waals surface area contributed by atoms with Crippen LogP contribution >= 0.6 is 0 Å². The average molecular weight is 361 g/mol. The summed E-state index contributed by atoms with van der Waals surface area (Å²) in [6, 6.07) is 5.81. The van der Waals surface area contributed by atoms with Crippen LogP contribution in [-0.4, -0.2) is 55.5 Å². The van der Waals surface area contributed by atoms with Gasteiger partial charge in [0.2, 0.25) is 0 Å². The molecule has 2 aromatic rings. The van der Waals surface area contributed by atoms with Gasteiger partial charge in [0.05, 0.1) is 22.6 Å². The van der Waals surface area contributed by atoms with Crippen molar-refractivity contribution >= 4 is 11.9 Å². The van der Waals surface area contributed by atoms with Crippen LogP contribution in [0, 0.1) is 19.7 Å². The fourth-order valence-corrected chi connectivity index (χ4v) is 3.24. The normalized spacial score (nSPS) is 16.5. The minimum Gasteiger partial charge on any atom is -0.479 e. The molecule has 2 N–H and O–H groups in total. The second-order valence-electron chi connectivity index (χ2n) is 6.56. The van der Waals surface area contributed by atoms with Crippen molar-refractivity contribution in [1.29, 1.82) is 0 Å². The van der Waals surface area contributed by atoms with Crippen molar-refractivity contribution < 1.29 is 24.2 Å². The lowest BCUT2D eigenvalue weighted by molar-refractivity contribution is -0.162. The molecule has 26 heavy (non-hydrogen) atoms. The Bertz CT molecular complexity index is 852. The van der Waals surface area contributed by atoms with E-state index < -0.39 is 11.6 Å². The maximum Gasteiger partial charge on any atom is 0.335 e. The molecule has 138 valence electrons. The van der Waals surface area contributed by atoms with E-state index in [0.29, 0.717) is 22.6 Å². The lowest BCUT2D eigenvalue weighted by Gasteiger charge is -2.35. The maximum absolute atomic E-state index is 13.1. The highest BCUT2D eigenvalue weighted by Crippen LogP contribution is 2.26. The predicted molar refractivity (Wildman–Crippen MR) is 90.7 cm³/mol. The van der Waals surface area contributed by atoms with Crippen molar-refractivity contribution in [2.24, 2.45) is 0 Å². The van der Waals surface area contributed by atoms with Crippen LogP contribution in [0.5, 0.6) is 0 Å². The number of likely N-dealkylation sites (tertiary alicyclic amines) is 1. The number of halogens is 1. The first-order chi connectivity index (χ1) is 12.2. The first-order valence-electron chi connectivity index (χ1n) is 8.30. The van der Waals surface area contributed by atoms with Gasteiger partial charge in [-0.25, -0.2) is 13.9 Å². The number of aryl methyl sites for hydroxylation is 1. The number of amides is 1. The first kappa shape index (κ1) is 18.1. The van der Waals surface area contributed by atoms with E-state index in [-0.39, 0.29) is 37.7 Å². The molecule has 1 aliphatic rings. The Hall–Kier alpha value is -2.74. The number of hydrogen-bond donors (Lipinski definition) is 2. The molecule has 0 saturated carbocycles. The molecular formula is C18H20FN3O4. The van der Waals surface area contributed by atoms with Crippen LogP contribution < -0.4 is 0 Å². The summed E-state index contributed by atoms with van der Waals surface area (Å²) in [5.74, 6) is -1.87. The Labute approximate surface area is 149 Å². The van der Waals surface area contributed by atoms with Gasteiger partial charge in [-0.15, -0.1) is 0 Å². The molecule has 1 aliphatic heterocycles. The second-order valence-corrected chi connectivity index (χ2v) is 6.56. The van der Waals surface area contributed by atoms with Crippen LogP contribution in [0.1, 0.15) is 34.6 Å². The van der Waals surface area contributed by atoms with Crippen LogP contribution in [0.25, 0.3) is 5.69 Å². The largest absolute Gasteiger partial charge is 0.479 e. The quantitative estimate of drug-likeness (QED) is 0.867. The SMILES string of the molecule is Cc1nn(-c2ccc(F)cc2)c(C)c1C(=O)N1CCC(O)(C(=O)O)CC1. The number of aromatic nitrogens is 2. The Kier molecular flexibility index (Phi) is 4.53. The molecule has 3 rings (SSSR count). The topological polar surface area (TPSA) is 95.7 Å². The number of carboxylic acids is 1. The number of aliphatic hydroxyl groups is 1. The van der Waals surface area contributed by atoms with Gasteiger partial charge in [0.15, 0.2) is 5.60 Å². The molecule has 0 unspecified atom stereocenters. The molecule has 1 saturated heterocycles. The molecule has 1 aromatic heterocycles. The number of benzene rings is 1. The van der Waals surface area contributed by atoms with E-state index in [1.165, 1.54) is 17.0 Å². The van der Waals surface area contributed by atoms with Crippen molar-refractivity contribution in [2.75, 3.05) is 13.1 Å². The summed E-state index contributed by atoms with van der Waals surface area (Å²) in [5, 5.41) is 23.5. The minimum absolute atomic E-state index is 0.0156. The van der Waals surface area contributed by atoms with Crippen LogP contribution in [-0.2, 0) is 4.79 Å². The van der Waals surface area contributed by atoms with E-state index in [9.17, 15) is 19.1 Å². The minimum atomic E-state index is -1.78. The Balaban J connectivity index is 1.85. The van der Waals surface area contributed by atoms with Crippen LogP contribution in [0.15, 0.2) is 24.3 Å². The highest BCUT2D eigenvalue weighted by atomic mass is 19.1. The number of carbonyl (C=O) groups excluding carboxylic acids is 1. The van der Waals surface area contributed by atoms with Crippen molar-refractivity contribution in [1.82, 2.24) is 14.7 Å². The van der Waals surface area contributed by atoms with E-state index in [1.54, 1.807) is 30.7 Å². The standard InChI is InChI=1S/C18H20FN3O4/c1-11-15(12(2)22(20-11)14-5-3-13(19)4-6-14)16(23)21-9-7-18(26,8-10-21)17(24)25/h3-6,26H,7-10H2,1-2H3,(H,24,25). The molecule has 8 heteroatoms. The number of carbonyl (C=O) groups is 2. The molecule has 7 nitrogen and oxygen atoms in total. The van der Waals surface area contributed by atoms with Crippen LogP contribution in [0.2, 0.25) is 0 Å². The lowest BCUT2D eigenvalue weighted by Crippen LogP contribution is -2.51. The summed E-state index contributed by atoms with van der Waals surface area (Å²) < 4.78 is 14.7. The van der Waals surface area contributed by atoms with E-state index in [0.717, 1.165) is 0 Å². The van der Waals surface area contributed by atoms with Gasteiger partial charge in [-0.1, -0.05) is 0 Å². The van der Waals surface area contributed by atoms with Crippen molar-refractivity contribution in [2.45, 2.75) is 32.3 Å². The zero-order valence-electron chi connectivity index (χ0n) is 14.6. The summed E-state index contributed by atoms with van der Waals surface area (Å²) in [6.07, 6.45) is -0.0312. The second kappa shape index (κ2) is 6.53. The Morgan fingerprint density at radius 3 is 2.27 bits per heavy atom. The molecule has 0 radical (unpaired) electrons. The zero-order chi connectivity index (χ0) is 19.1. The fourth-order valence-electron chi connectivity index (χ4n) is 3.24. The van der Waals surface area contributed by atoms with Gasteiger partial charge in [0.1, 0.15) is 5.82 Å². The summed E-state index contributed by atoms with van der Waals surface area (Å²) in [5.41, 5.74) is 0.466. The average Bonchev–Trinajstić information content (AvgIpc) is 2.90. The monoisotopic (exact) mass is 361 g/mol. The third-order valence-corrected chi connectivity index (χ3v) is 4.85. The van der Waals surface area contributed by atoms with Gasteiger partial charge < -0.3 is 15.1 Å². The summed E-state index contributed by atoms with van der Waals surface area (Å²) in [4.78, 5) is 25.6. The predicted octanol–water partition coefficient (Wildman–Crippen LogP) is 1.68. The molecule has 1 amide bonds. The number of carboxylic acid groups (broad SMARTS) is 1. The van der Waals surface area contributed by atoms with Crippen molar-refractivity contribution in [3.05, 3.63) is 47.0 Å².